The molecule has 0 spiro atoms. The van der Waals surface area contributed by atoms with Gasteiger partial charge in [0.2, 0.25) is 0 Å². The van der Waals surface area contributed by atoms with Crippen molar-refractivity contribution in [3.05, 3.63) is 11.3 Å². The van der Waals surface area contributed by atoms with E-state index in [1.807, 2.05) is 27.7 Å². The van der Waals surface area contributed by atoms with Crippen LogP contribution in [-0.2, 0) is 19.1 Å². The minimum Gasteiger partial charge on any atom is -0.457 e. The molecule has 1 aliphatic heterocycles. The van der Waals surface area contributed by atoms with E-state index in [1.54, 1.807) is 6.92 Å². The number of cyclic esters (lactones) is 1. The number of carbonyl (C=O) groups is 2. The first-order chi connectivity index (χ1) is 7.74. The minimum absolute atomic E-state index is 0.0916. The zero-order chi connectivity index (χ0) is 13.2. The molecule has 0 saturated carbocycles. The Morgan fingerprint density at radius 2 is 2.06 bits per heavy atom. The van der Waals surface area contributed by atoms with Crippen LogP contribution in [0.2, 0.25) is 0 Å². The maximum Gasteiger partial charge on any atom is 0.338 e. The van der Waals surface area contributed by atoms with Gasteiger partial charge in [-0.25, -0.2) is 4.79 Å². The second-order valence-corrected chi connectivity index (χ2v) is 5.26. The molecule has 4 heteroatoms. The monoisotopic (exact) mass is 240 g/mol. The number of esters is 2. The summed E-state index contributed by atoms with van der Waals surface area (Å²) in [6.07, 6.45) is 0.976. The summed E-state index contributed by atoms with van der Waals surface area (Å²) in [5.41, 5.74) is -0.0357. The minimum atomic E-state index is -0.538. The normalized spacial score (nSPS) is 21.2. The highest BCUT2D eigenvalue weighted by atomic mass is 16.6. The SMILES string of the molecule is CC[C@@H]1CC(=O)OC(C)=C1C(=O)OC(C)(C)C. The van der Waals surface area contributed by atoms with Crippen molar-refractivity contribution >= 4 is 11.9 Å². The van der Waals surface area contributed by atoms with E-state index >= 15 is 0 Å². The zero-order valence-corrected chi connectivity index (χ0v) is 11.1. The van der Waals surface area contributed by atoms with Crippen LogP contribution in [0.5, 0.6) is 0 Å². The van der Waals surface area contributed by atoms with Gasteiger partial charge in [0, 0.05) is 5.92 Å². The van der Waals surface area contributed by atoms with Crippen molar-refractivity contribution in [2.75, 3.05) is 0 Å². The molecule has 0 aromatic carbocycles. The van der Waals surface area contributed by atoms with Crippen LogP contribution in [0.4, 0.5) is 0 Å². The van der Waals surface area contributed by atoms with Crippen LogP contribution in [0.1, 0.15) is 47.5 Å². The van der Waals surface area contributed by atoms with Crippen molar-refractivity contribution in [2.45, 2.75) is 53.1 Å². The molecule has 4 nitrogen and oxygen atoms in total. The van der Waals surface area contributed by atoms with E-state index in [1.165, 1.54) is 0 Å². The topological polar surface area (TPSA) is 52.6 Å². The summed E-state index contributed by atoms with van der Waals surface area (Å²) >= 11 is 0. The van der Waals surface area contributed by atoms with Gasteiger partial charge >= 0.3 is 11.9 Å². The van der Waals surface area contributed by atoms with Crippen LogP contribution in [-0.4, -0.2) is 17.5 Å². The molecule has 0 bridgehead atoms. The Morgan fingerprint density at radius 1 is 1.47 bits per heavy atom. The number of ether oxygens (including phenoxy) is 2. The lowest BCUT2D eigenvalue weighted by molar-refractivity contribution is -0.152. The van der Waals surface area contributed by atoms with E-state index in [-0.39, 0.29) is 24.3 Å². The average molecular weight is 240 g/mol. The van der Waals surface area contributed by atoms with Crippen molar-refractivity contribution in [1.82, 2.24) is 0 Å². The molecular weight excluding hydrogens is 220 g/mol. The molecular formula is C13H20O4. The lowest BCUT2D eigenvalue weighted by Gasteiger charge is -2.27. The molecule has 0 amide bonds. The number of hydrogen-bond donors (Lipinski definition) is 0. The fourth-order valence-corrected chi connectivity index (χ4v) is 1.85. The van der Waals surface area contributed by atoms with Gasteiger partial charge in [-0.2, -0.15) is 0 Å². The molecule has 96 valence electrons. The van der Waals surface area contributed by atoms with Crippen LogP contribution >= 0.6 is 0 Å². The molecule has 1 heterocycles. The smallest absolute Gasteiger partial charge is 0.338 e. The Hall–Kier alpha value is -1.32. The molecule has 0 unspecified atom stereocenters. The second-order valence-electron chi connectivity index (χ2n) is 5.26. The predicted molar refractivity (Wildman–Crippen MR) is 63.0 cm³/mol. The third kappa shape index (κ3) is 3.58. The molecule has 1 atom stereocenters. The van der Waals surface area contributed by atoms with E-state index in [0.29, 0.717) is 11.3 Å². The largest absolute Gasteiger partial charge is 0.457 e. The molecule has 17 heavy (non-hydrogen) atoms. The van der Waals surface area contributed by atoms with Gasteiger partial charge in [-0.1, -0.05) is 6.92 Å². The maximum absolute atomic E-state index is 12.0. The molecule has 0 aromatic rings. The Kier molecular flexibility index (Phi) is 3.96. The van der Waals surface area contributed by atoms with Gasteiger partial charge in [0.25, 0.3) is 0 Å². The Morgan fingerprint density at radius 3 is 2.53 bits per heavy atom. The first-order valence-corrected chi connectivity index (χ1v) is 5.89. The quantitative estimate of drug-likeness (QED) is 0.696. The van der Waals surface area contributed by atoms with Crippen molar-refractivity contribution < 1.29 is 19.1 Å². The third-order valence-electron chi connectivity index (χ3n) is 2.58. The standard InChI is InChI=1S/C13H20O4/c1-6-9-7-10(14)16-8(2)11(9)12(15)17-13(3,4)5/h9H,6-7H2,1-5H3/t9-/m1/s1. The van der Waals surface area contributed by atoms with Crippen LogP contribution < -0.4 is 0 Å². The van der Waals surface area contributed by atoms with Crippen LogP contribution in [0.25, 0.3) is 0 Å². The van der Waals surface area contributed by atoms with Crippen LogP contribution in [0, 0.1) is 5.92 Å². The van der Waals surface area contributed by atoms with Gasteiger partial charge in [0.15, 0.2) is 0 Å². The Balaban J connectivity index is 2.96. The fourth-order valence-electron chi connectivity index (χ4n) is 1.85. The van der Waals surface area contributed by atoms with E-state index in [9.17, 15) is 9.59 Å². The lowest BCUT2D eigenvalue weighted by atomic mass is 9.90. The first kappa shape index (κ1) is 13.7. The van der Waals surface area contributed by atoms with E-state index in [0.717, 1.165) is 6.42 Å². The summed E-state index contributed by atoms with van der Waals surface area (Å²) in [5.74, 6) is -0.371. The van der Waals surface area contributed by atoms with E-state index in [2.05, 4.69) is 0 Å². The fraction of sp³-hybridized carbons (Fsp3) is 0.692. The van der Waals surface area contributed by atoms with E-state index < -0.39 is 5.60 Å². The molecule has 0 aliphatic carbocycles. The maximum atomic E-state index is 12.0. The van der Waals surface area contributed by atoms with Crippen molar-refractivity contribution in [3.8, 4) is 0 Å². The van der Waals surface area contributed by atoms with Gasteiger partial charge in [-0.3, -0.25) is 4.79 Å². The van der Waals surface area contributed by atoms with Gasteiger partial charge in [-0.05, 0) is 34.1 Å². The number of hydrogen-bond acceptors (Lipinski definition) is 4. The van der Waals surface area contributed by atoms with Crippen LogP contribution in [0.15, 0.2) is 11.3 Å². The Labute approximate surface area is 102 Å². The molecule has 1 aliphatic rings. The molecule has 0 fully saturated rings. The Bertz CT molecular complexity index is 360. The summed E-state index contributed by atoms with van der Waals surface area (Å²) in [4.78, 5) is 23.3. The van der Waals surface area contributed by atoms with Gasteiger partial charge in [-0.15, -0.1) is 0 Å². The van der Waals surface area contributed by atoms with Crippen molar-refractivity contribution in [3.63, 3.8) is 0 Å². The summed E-state index contributed by atoms with van der Waals surface area (Å²) in [6.45, 7) is 9.03. The molecule has 0 radical (unpaired) electrons. The highest BCUT2D eigenvalue weighted by Crippen LogP contribution is 2.30. The second kappa shape index (κ2) is 4.90. The number of carbonyl (C=O) groups excluding carboxylic acids is 2. The van der Waals surface area contributed by atoms with Gasteiger partial charge in [0.1, 0.15) is 11.4 Å². The van der Waals surface area contributed by atoms with Gasteiger partial charge in [0.05, 0.1) is 12.0 Å². The summed E-state index contributed by atoms with van der Waals surface area (Å²) in [7, 11) is 0. The van der Waals surface area contributed by atoms with Crippen LogP contribution in [0.3, 0.4) is 0 Å². The summed E-state index contributed by atoms with van der Waals surface area (Å²) in [6, 6.07) is 0. The molecule has 0 N–H and O–H groups in total. The molecule has 0 saturated heterocycles. The number of allylic oxidation sites excluding steroid dienone is 1. The average Bonchev–Trinajstić information content (AvgIpc) is 2.12. The molecule has 0 aromatic heterocycles. The zero-order valence-electron chi connectivity index (χ0n) is 11.1. The van der Waals surface area contributed by atoms with Gasteiger partial charge < -0.3 is 9.47 Å². The highest BCUT2D eigenvalue weighted by Gasteiger charge is 2.33. The lowest BCUT2D eigenvalue weighted by Crippen LogP contribution is -2.31. The molecule has 1 rings (SSSR count). The first-order valence-electron chi connectivity index (χ1n) is 5.89. The van der Waals surface area contributed by atoms with Crippen molar-refractivity contribution in [2.24, 2.45) is 5.92 Å². The highest BCUT2D eigenvalue weighted by molar-refractivity contribution is 5.92. The number of rotatable bonds is 2. The predicted octanol–water partition coefficient (Wildman–Crippen LogP) is 2.58. The summed E-state index contributed by atoms with van der Waals surface area (Å²) in [5, 5.41) is 0. The van der Waals surface area contributed by atoms with Crippen molar-refractivity contribution in [1.29, 1.82) is 0 Å². The third-order valence-corrected chi connectivity index (χ3v) is 2.58. The summed E-state index contributed by atoms with van der Waals surface area (Å²) < 4.78 is 10.3. The van der Waals surface area contributed by atoms with E-state index in [4.69, 9.17) is 9.47 Å².